The quantitative estimate of drug-likeness (QED) is 0.309. The van der Waals surface area contributed by atoms with Crippen LogP contribution in [0, 0.1) is 0 Å². The monoisotopic (exact) mass is 241 g/mol. The van der Waals surface area contributed by atoms with E-state index in [0.717, 1.165) is 0 Å². The van der Waals surface area contributed by atoms with E-state index in [4.69, 9.17) is 16.0 Å². The molecule has 0 saturated carbocycles. The lowest BCUT2D eigenvalue weighted by atomic mass is 9.86. The van der Waals surface area contributed by atoms with Gasteiger partial charge in [0.2, 0.25) is 5.91 Å². The second-order valence-electron chi connectivity index (χ2n) is 4.32. The summed E-state index contributed by atoms with van der Waals surface area (Å²) >= 11 is 0. The maximum absolute atomic E-state index is 11.6. The van der Waals surface area contributed by atoms with Crippen molar-refractivity contribution < 1.29 is 9.53 Å². The molecule has 0 aromatic rings. The molecule has 2 unspecified atom stereocenters. The van der Waals surface area contributed by atoms with Crippen LogP contribution in [0.4, 0.5) is 0 Å². The Balaban J connectivity index is 2.47. The molecular weight excluding hydrogens is 222 g/mol. The number of rotatable bonds is 6. The predicted molar refractivity (Wildman–Crippen MR) is 63.2 cm³/mol. The van der Waals surface area contributed by atoms with Crippen LogP contribution in [-0.2, 0) is 9.53 Å². The van der Waals surface area contributed by atoms with Crippen molar-refractivity contribution in [1.82, 2.24) is 5.32 Å². The van der Waals surface area contributed by atoms with E-state index in [2.05, 4.69) is 15.3 Å². The van der Waals surface area contributed by atoms with E-state index in [0.29, 0.717) is 39.0 Å². The molecule has 0 aliphatic carbocycles. The Morgan fingerprint density at radius 3 is 3.12 bits per heavy atom. The molecule has 7 nitrogen and oxygen atoms in total. The Bertz CT molecular complexity index is 316. The molecule has 1 heterocycles. The normalized spacial score (nSPS) is 28.4. The average Bonchev–Trinajstić information content (AvgIpc) is 2.28. The molecule has 1 fully saturated rings. The van der Waals surface area contributed by atoms with Crippen LogP contribution in [0.5, 0.6) is 0 Å². The molecule has 3 N–H and O–H groups in total. The molecule has 1 amide bonds. The number of carbonyl (C=O) groups is 1. The number of hydrogen-bond acceptors (Lipinski definition) is 4. The van der Waals surface area contributed by atoms with Crippen LogP contribution in [0.3, 0.4) is 0 Å². The molecule has 1 saturated heterocycles. The van der Waals surface area contributed by atoms with Gasteiger partial charge in [0.15, 0.2) is 0 Å². The first-order chi connectivity index (χ1) is 8.10. The minimum absolute atomic E-state index is 0.0286. The zero-order valence-electron chi connectivity index (χ0n) is 10.1. The largest absolute Gasteiger partial charge is 0.378 e. The van der Waals surface area contributed by atoms with Crippen LogP contribution in [0.1, 0.15) is 26.2 Å². The third-order valence-electron chi connectivity index (χ3n) is 3.00. The lowest BCUT2D eigenvalue weighted by Gasteiger charge is -2.38. The maximum atomic E-state index is 11.6. The number of nitrogens with zero attached hydrogens (tertiary/aromatic N) is 3. The highest BCUT2D eigenvalue weighted by molar-refractivity contribution is 5.84. The highest BCUT2D eigenvalue weighted by atomic mass is 16.5. The number of azide groups is 1. The smallest absolute Gasteiger partial charge is 0.237 e. The van der Waals surface area contributed by atoms with Crippen molar-refractivity contribution in [2.24, 2.45) is 10.8 Å². The van der Waals surface area contributed by atoms with Crippen LogP contribution in [-0.4, -0.2) is 37.2 Å². The molecule has 7 heteroatoms. The summed E-state index contributed by atoms with van der Waals surface area (Å²) in [5.74, 6) is -0.337. The van der Waals surface area contributed by atoms with Gasteiger partial charge in [-0.25, -0.2) is 0 Å². The number of ether oxygens (including phenoxy) is 1. The second kappa shape index (κ2) is 6.44. The third kappa shape index (κ3) is 3.89. The van der Waals surface area contributed by atoms with Gasteiger partial charge in [0.1, 0.15) is 5.54 Å². The molecule has 2 atom stereocenters. The van der Waals surface area contributed by atoms with Crippen LogP contribution in [0.25, 0.3) is 10.4 Å². The Hall–Kier alpha value is -1.30. The van der Waals surface area contributed by atoms with Gasteiger partial charge in [-0.2, -0.15) is 0 Å². The van der Waals surface area contributed by atoms with Crippen LogP contribution >= 0.6 is 0 Å². The molecule has 0 spiro atoms. The van der Waals surface area contributed by atoms with Crippen LogP contribution < -0.4 is 11.1 Å². The van der Waals surface area contributed by atoms with E-state index in [9.17, 15) is 4.79 Å². The summed E-state index contributed by atoms with van der Waals surface area (Å²) < 4.78 is 5.41. The van der Waals surface area contributed by atoms with Gasteiger partial charge in [0.25, 0.3) is 0 Å². The molecule has 1 aliphatic heterocycles. The number of amides is 1. The number of primary amides is 1. The standard InChI is InChI=1S/C10H19N5O2/c1-8-7-10(9(11)16,3-6-17-8)13-4-2-5-14-15-12/h8,13H,2-7H2,1H3,(H2,11,16). The third-order valence-corrected chi connectivity index (χ3v) is 3.00. The SMILES string of the molecule is CC1CC(NCCCN=[N+]=[N-])(C(N)=O)CCO1. The summed E-state index contributed by atoms with van der Waals surface area (Å²) in [6, 6.07) is 0. The predicted octanol–water partition coefficient (Wildman–Crippen LogP) is 0.699. The van der Waals surface area contributed by atoms with Crippen molar-refractivity contribution in [3.8, 4) is 0 Å². The molecule has 0 aromatic carbocycles. The molecule has 1 rings (SSSR count). The first kappa shape index (κ1) is 13.8. The topological polar surface area (TPSA) is 113 Å². The van der Waals surface area contributed by atoms with Crippen molar-refractivity contribution >= 4 is 5.91 Å². The van der Waals surface area contributed by atoms with Crippen molar-refractivity contribution in [2.45, 2.75) is 37.8 Å². The van der Waals surface area contributed by atoms with Crippen LogP contribution in [0.2, 0.25) is 0 Å². The fourth-order valence-corrected chi connectivity index (χ4v) is 2.08. The Morgan fingerprint density at radius 2 is 2.53 bits per heavy atom. The first-order valence-corrected chi connectivity index (χ1v) is 5.78. The van der Waals surface area contributed by atoms with E-state index < -0.39 is 5.54 Å². The van der Waals surface area contributed by atoms with E-state index in [-0.39, 0.29) is 12.0 Å². The summed E-state index contributed by atoms with van der Waals surface area (Å²) in [5.41, 5.74) is 12.9. The molecule has 0 radical (unpaired) electrons. The fraction of sp³-hybridized carbons (Fsp3) is 0.900. The average molecular weight is 241 g/mol. The van der Waals surface area contributed by atoms with Crippen molar-refractivity contribution in [2.75, 3.05) is 19.7 Å². The number of nitrogens with one attached hydrogen (secondary N) is 1. The zero-order chi connectivity index (χ0) is 12.7. The molecular formula is C10H19N5O2. The summed E-state index contributed by atoms with van der Waals surface area (Å²) in [6.45, 7) is 3.49. The lowest BCUT2D eigenvalue weighted by Crippen LogP contribution is -2.59. The van der Waals surface area contributed by atoms with Gasteiger partial charge in [-0.3, -0.25) is 4.79 Å². The van der Waals surface area contributed by atoms with Gasteiger partial charge in [0, 0.05) is 24.5 Å². The van der Waals surface area contributed by atoms with Gasteiger partial charge < -0.3 is 15.8 Å². The van der Waals surface area contributed by atoms with Crippen molar-refractivity contribution in [3.63, 3.8) is 0 Å². The molecule has 96 valence electrons. The number of hydrogen-bond donors (Lipinski definition) is 2. The minimum atomic E-state index is -0.673. The van der Waals surface area contributed by atoms with E-state index in [1.807, 2.05) is 6.92 Å². The lowest BCUT2D eigenvalue weighted by molar-refractivity contribution is -0.130. The highest BCUT2D eigenvalue weighted by Gasteiger charge is 2.40. The maximum Gasteiger partial charge on any atom is 0.237 e. The molecule has 17 heavy (non-hydrogen) atoms. The number of nitrogens with two attached hydrogens (primary N) is 1. The summed E-state index contributed by atoms with van der Waals surface area (Å²) in [7, 11) is 0. The molecule has 1 aliphatic rings. The van der Waals surface area contributed by atoms with Crippen LogP contribution in [0.15, 0.2) is 5.11 Å². The summed E-state index contributed by atoms with van der Waals surface area (Å²) in [5, 5.41) is 6.62. The zero-order valence-corrected chi connectivity index (χ0v) is 10.1. The van der Waals surface area contributed by atoms with E-state index in [1.165, 1.54) is 0 Å². The van der Waals surface area contributed by atoms with Gasteiger partial charge in [-0.1, -0.05) is 5.11 Å². The first-order valence-electron chi connectivity index (χ1n) is 5.78. The number of carbonyl (C=O) groups excluding carboxylic acids is 1. The van der Waals surface area contributed by atoms with Gasteiger partial charge in [-0.15, -0.1) is 0 Å². The summed E-state index contributed by atoms with van der Waals surface area (Å²) in [6.07, 6.45) is 1.90. The minimum Gasteiger partial charge on any atom is -0.378 e. The van der Waals surface area contributed by atoms with Crippen molar-refractivity contribution in [3.05, 3.63) is 10.4 Å². The van der Waals surface area contributed by atoms with E-state index >= 15 is 0 Å². The Morgan fingerprint density at radius 1 is 1.76 bits per heavy atom. The molecule has 0 aromatic heterocycles. The van der Waals surface area contributed by atoms with Gasteiger partial charge in [0.05, 0.1) is 6.10 Å². The highest BCUT2D eigenvalue weighted by Crippen LogP contribution is 2.24. The van der Waals surface area contributed by atoms with Gasteiger partial charge >= 0.3 is 0 Å². The second-order valence-corrected chi connectivity index (χ2v) is 4.32. The Labute approximate surface area is 100 Å². The van der Waals surface area contributed by atoms with Gasteiger partial charge in [-0.05, 0) is 31.8 Å². The fourth-order valence-electron chi connectivity index (χ4n) is 2.08. The molecule has 0 bridgehead atoms. The summed E-state index contributed by atoms with van der Waals surface area (Å²) in [4.78, 5) is 14.2. The van der Waals surface area contributed by atoms with Crippen molar-refractivity contribution in [1.29, 1.82) is 0 Å². The van der Waals surface area contributed by atoms with E-state index in [1.54, 1.807) is 0 Å². The Kier molecular flexibility index (Phi) is 5.21.